The second-order valence-electron chi connectivity index (χ2n) is 4.02. The number of hydrogen-bond donors (Lipinski definition) is 2. The average Bonchev–Trinajstić information content (AvgIpc) is 2.25. The molecule has 0 saturated carbocycles. The number of allylic oxidation sites excluding steroid dienone is 1. The van der Waals surface area contributed by atoms with Gasteiger partial charge in [0.25, 0.3) is 0 Å². The maximum atomic E-state index is 5.54. The monoisotopic (exact) mass is 214 g/mol. The summed E-state index contributed by atoms with van der Waals surface area (Å²) in [5.74, 6) is 9.11. The van der Waals surface area contributed by atoms with E-state index in [0.29, 0.717) is 6.04 Å². The van der Waals surface area contributed by atoms with Crippen LogP contribution in [0.4, 0.5) is 0 Å². The Morgan fingerprint density at radius 1 is 1.50 bits per heavy atom. The zero-order chi connectivity index (χ0) is 10.2. The molecule has 1 aliphatic heterocycles. The van der Waals surface area contributed by atoms with Crippen LogP contribution in [0, 0.1) is 5.92 Å². The molecule has 0 amide bonds. The van der Waals surface area contributed by atoms with Crippen LogP contribution in [0.3, 0.4) is 0 Å². The van der Waals surface area contributed by atoms with Crippen molar-refractivity contribution in [1.29, 1.82) is 0 Å². The minimum atomic E-state index is 0.487. The summed E-state index contributed by atoms with van der Waals surface area (Å²) in [4.78, 5) is 0. The Morgan fingerprint density at radius 3 is 2.79 bits per heavy atom. The van der Waals surface area contributed by atoms with E-state index in [4.69, 9.17) is 5.84 Å². The fourth-order valence-corrected chi connectivity index (χ4v) is 3.18. The first kappa shape index (κ1) is 12.1. The van der Waals surface area contributed by atoms with Crippen molar-refractivity contribution < 1.29 is 0 Å². The van der Waals surface area contributed by atoms with Crippen molar-refractivity contribution in [2.24, 2.45) is 11.8 Å². The summed E-state index contributed by atoms with van der Waals surface area (Å²) in [6.45, 7) is 3.74. The van der Waals surface area contributed by atoms with Gasteiger partial charge in [0.1, 0.15) is 0 Å². The highest BCUT2D eigenvalue weighted by molar-refractivity contribution is 7.99. The predicted octanol–water partition coefficient (Wildman–Crippen LogP) is 2.32. The number of nitrogens with one attached hydrogen (secondary N) is 1. The Hall–Kier alpha value is 0.01000. The van der Waals surface area contributed by atoms with E-state index in [1.165, 1.54) is 30.8 Å². The van der Waals surface area contributed by atoms with Crippen LogP contribution >= 0.6 is 11.8 Å². The molecular formula is C11H22N2S. The summed E-state index contributed by atoms with van der Waals surface area (Å²) in [7, 11) is 0. The van der Waals surface area contributed by atoms with Crippen molar-refractivity contribution in [2.75, 3.05) is 11.5 Å². The molecule has 1 unspecified atom stereocenters. The van der Waals surface area contributed by atoms with Crippen molar-refractivity contribution >= 4 is 11.8 Å². The van der Waals surface area contributed by atoms with E-state index >= 15 is 0 Å². The van der Waals surface area contributed by atoms with Crippen LogP contribution in [0.5, 0.6) is 0 Å². The molecule has 0 spiro atoms. The first-order valence-corrected chi connectivity index (χ1v) is 6.67. The predicted molar refractivity (Wildman–Crippen MR) is 65.2 cm³/mol. The number of hydrazine groups is 1. The van der Waals surface area contributed by atoms with Gasteiger partial charge in [0, 0.05) is 6.04 Å². The first-order chi connectivity index (χ1) is 6.86. The quantitative estimate of drug-likeness (QED) is 0.405. The molecule has 1 rings (SSSR count). The van der Waals surface area contributed by atoms with E-state index in [9.17, 15) is 0 Å². The van der Waals surface area contributed by atoms with Crippen LogP contribution in [0.15, 0.2) is 12.7 Å². The molecule has 1 heterocycles. The van der Waals surface area contributed by atoms with Crippen molar-refractivity contribution in [2.45, 2.75) is 38.1 Å². The maximum absolute atomic E-state index is 5.54. The number of thioether (sulfide) groups is 1. The van der Waals surface area contributed by atoms with Crippen LogP contribution in [0.2, 0.25) is 0 Å². The van der Waals surface area contributed by atoms with E-state index in [1.54, 1.807) is 0 Å². The van der Waals surface area contributed by atoms with Gasteiger partial charge in [-0.1, -0.05) is 6.08 Å². The zero-order valence-corrected chi connectivity index (χ0v) is 9.69. The molecule has 1 fully saturated rings. The topological polar surface area (TPSA) is 38.0 Å². The molecule has 1 atom stereocenters. The highest BCUT2D eigenvalue weighted by Gasteiger charge is 2.17. The largest absolute Gasteiger partial charge is 0.271 e. The van der Waals surface area contributed by atoms with E-state index in [-0.39, 0.29) is 0 Å². The molecular weight excluding hydrogens is 192 g/mol. The fourth-order valence-electron chi connectivity index (χ4n) is 1.97. The van der Waals surface area contributed by atoms with Crippen LogP contribution in [-0.2, 0) is 0 Å². The molecule has 0 bridgehead atoms. The second kappa shape index (κ2) is 7.32. The van der Waals surface area contributed by atoms with Crippen LogP contribution < -0.4 is 11.3 Å². The molecule has 14 heavy (non-hydrogen) atoms. The molecule has 2 nitrogen and oxygen atoms in total. The smallest absolute Gasteiger partial charge is 0.0216 e. The van der Waals surface area contributed by atoms with Crippen molar-refractivity contribution in [3.63, 3.8) is 0 Å². The van der Waals surface area contributed by atoms with Gasteiger partial charge < -0.3 is 0 Å². The Balaban J connectivity index is 2.19. The molecule has 3 heteroatoms. The number of hydrogen-bond acceptors (Lipinski definition) is 3. The van der Waals surface area contributed by atoms with Gasteiger partial charge >= 0.3 is 0 Å². The lowest BCUT2D eigenvalue weighted by Gasteiger charge is -2.25. The Kier molecular flexibility index (Phi) is 6.32. The van der Waals surface area contributed by atoms with Gasteiger partial charge in [-0.3, -0.25) is 11.3 Å². The summed E-state index contributed by atoms with van der Waals surface area (Å²) in [6, 6.07) is 0.487. The maximum Gasteiger partial charge on any atom is 0.0216 e. The van der Waals surface area contributed by atoms with Gasteiger partial charge in [0.2, 0.25) is 0 Å². The van der Waals surface area contributed by atoms with E-state index in [0.717, 1.165) is 18.8 Å². The van der Waals surface area contributed by atoms with Crippen molar-refractivity contribution in [3.05, 3.63) is 12.7 Å². The molecule has 0 aromatic heterocycles. The lowest BCUT2D eigenvalue weighted by molar-refractivity contribution is 0.355. The van der Waals surface area contributed by atoms with E-state index in [1.807, 2.05) is 6.08 Å². The minimum absolute atomic E-state index is 0.487. The third kappa shape index (κ3) is 4.49. The van der Waals surface area contributed by atoms with Gasteiger partial charge in [-0.2, -0.15) is 11.8 Å². The normalized spacial score (nSPS) is 20.6. The summed E-state index contributed by atoms with van der Waals surface area (Å²) in [5.41, 5.74) is 2.93. The van der Waals surface area contributed by atoms with Crippen molar-refractivity contribution in [3.8, 4) is 0 Å². The highest BCUT2D eigenvalue weighted by Crippen LogP contribution is 2.26. The summed E-state index contributed by atoms with van der Waals surface area (Å²) >= 11 is 2.08. The van der Waals surface area contributed by atoms with Crippen molar-refractivity contribution in [1.82, 2.24) is 5.43 Å². The van der Waals surface area contributed by atoms with Gasteiger partial charge in [0.05, 0.1) is 0 Å². The SMILES string of the molecule is C=CCCC(CC1CCSCC1)NN. The standard InChI is InChI=1S/C11H22N2S/c1-2-3-4-11(13-12)9-10-5-7-14-8-6-10/h2,10-11,13H,1,3-9,12H2. The van der Waals surface area contributed by atoms with Crippen LogP contribution in [0.1, 0.15) is 32.1 Å². The van der Waals surface area contributed by atoms with Gasteiger partial charge in [-0.05, 0) is 49.5 Å². The Morgan fingerprint density at radius 2 is 2.21 bits per heavy atom. The Bertz CT molecular complexity index is 155. The molecule has 82 valence electrons. The summed E-state index contributed by atoms with van der Waals surface area (Å²) < 4.78 is 0. The van der Waals surface area contributed by atoms with Gasteiger partial charge in [0.15, 0.2) is 0 Å². The average molecular weight is 214 g/mol. The van der Waals surface area contributed by atoms with Gasteiger partial charge in [-0.15, -0.1) is 6.58 Å². The molecule has 0 aliphatic carbocycles. The fraction of sp³-hybridized carbons (Fsp3) is 0.818. The third-order valence-electron chi connectivity index (χ3n) is 2.91. The summed E-state index contributed by atoms with van der Waals surface area (Å²) in [6.07, 6.45) is 8.15. The van der Waals surface area contributed by atoms with E-state index in [2.05, 4.69) is 23.8 Å². The lowest BCUT2D eigenvalue weighted by atomic mass is 9.92. The summed E-state index contributed by atoms with van der Waals surface area (Å²) in [5, 5.41) is 0. The number of nitrogens with two attached hydrogens (primary N) is 1. The first-order valence-electron chi connectivity index (χ1n) is 5.51. The van der Waals surface area contributed by atoms with Crippen LogP contribution in [0.25, 0.3) is 0 Å². The third-order valence-corrected chi connectivity index (χ3v) is 3.96. The van der Waals surface area contributed by atoms with E-state index < -0.39 is 0 Å². The molecule has 0 aromatic carbocycles. The molecule has 3 N–H and O–H groups in total. The van der Waals surface area contributed by atoms with Crippen LogP contribution in [-0.4, -0.2) is 17.5 Å². The molecule has 0 aromatic rings. The molecule has 1 saturated heterocycles. The zero-order valence-electron chi connectivity index (χ0n) is 8.87. The Labute approximate surface area is 91.7 Å². The lowest BCUT2D eigenvalue weighted by Crippen LogP contribution is -2.37. The molecule has 1 aliphatic rings. The number of rotatable bonds is 6. The second-order valence-corrected chi connectivity index (χ2v) is 5.25. The minimum Gasteiger partial charge on any atom is -0.271 e. The van der Waals surface area contributed by atoms with Gasteiger partial charge in [-0.25, -0.2) is 0 Å². The molecule has 0 radical (unpaired) electrons. The highest BCUT2D eigenvalue weighted by atomic mass is 32.2.